The van der Waals surface area contributed by atoms with Gasteiger partial charge in [0.2, 0.25) is 0 Å². The Kier molecular flexibility index (Phi) is 3.02. The summed E-state index contributed by atoms with van der Waals surface area (Å²) < 4.78 is 37.4. The molecule has 0 fully saturated rings. The fourth-order valence-electron chi connectivity index (χ4n) is 1.85. The van der Waals surface area contributed by atoms with Gasteiger partial charge >= 0.3 is 0 Å². The number of nitrogens with zero attached hydrogens (tertiary/aromatic N) is 1. The van der Waals surface area contributed by atoms with E-state index in [1.54, 1.807) is 0 Å². The highest BCUT2D eigenvalue weighted by Gasteiger charge is 2.34. The van der Waals surface area contributed by atoms with E-state index in [1.165, 1.54) is 25.1 Å². The Morgan fingerprint density at radius 1 is 1.39 bits per heavy atom. The van der Waals surface area contributed by atoms with Crippen LogP contribution in [0, 0.1) is 5.82 Å². The summed E-state index contributed by atoms with van der Waals surface area (Å²) in [7, 11) is -3.40. The molecule has 1 heterocycles. The van der Waals surface area contributed by atoms with E-state index in [-0.39, 0.29) is 17.2 Å². The first-order valence-electron chi connectivity index (χ1n) is 5.41. The number of halogens is 1. The Labute approximate surface area is 105 Å². The molecule has 5 nitrogen and oxygen atoms in total. The smallest absolute Gasteiger partial charge is 0.162 e. The minimum atomic E-state index is -3.40. The number of benzene rings is 1. The van der Waals surface area contributed by atoms with E-state index in [0.29, 0.717) is 5.69 Å². The molecule has 7 heteroatoms. The normalized spacial score (nSPS) is 26.7. The van der Waals surface area contributed by atoms with E-state index in [2.05, 4.69) is 4.99 Å². The Hall–Kier alpha value is -1.63. The standard InChI is InChI=1S/C11H14FN3O2S/c1-6-11(14)15-10(5-18(6,16)17)8-4-7(13)2-3-9(8)12/h2-4,6,10H,5,13H2,1H3,(H2,14,15). The van der Waals surface area contributed by atoms with E-state index in [9.17, 15) is 12.8 Å². The van der Waals surface area contributed by atoms with Gasteiger partial charge in [-0.05, 0) is 25.1 Å². The van der Waals surface area contributed by atoms with E-state index in [1.807, 2.05) is 0 Å². The van der Waals surface area contributed by atoms with Gasteiger partial charge in [-0.1, -0.05) is 0 Å². The molecule has 0 amide bonds. The minimum Gasteiger partial charge on any atom is -0.399 e. The molecule has 0 saturated carbocycles. The van der Waals surface area contributed by atoms with Crippen molar-refractivity contribution >= 4 is 21.4 Å². The molecule has 1 aromatic rings. The van der Waals surface area contributed by atoms with Crippen LogP contribution in [0.5, 0.6) is 0 Å². The zero-order valence-corrected chi connectivity index (χ0v) is 10.6. The molecule has 0 saturated heterocycles. The number of hydrogen-bond acceptors (Lipinski definition) is 5. The van der Waals surface area contributed by atoms with Crippen molar-refractivity contribution in [2.45, 2.75) is 18.2 Å². The largest absolute Gasteiger partial charge is 0.399 e. The fraction of sp³-hybridized carbons (Fsp3) is 0.364. The number of amidine groups is 1. The maximum Gasteiger partial charge on any atom is 0.162 e. The monoisotopic (exact) mass is 271 g/mol. The van der Waals surface area contributed by atoms with Crippen LogP contribution in [0.25, 0.3) is 0 Å². The van der Waals surface area contributed by atoms with E-state index >= 15 is 0 Å². The van der Waals surface area contributed by atoms with Gasteiger partial charge in [0.25, 0.3) is 0 Å². The summed E-state index contributed by atoms with van der Waals surface area (Å²) in [6, 6.07) is 3.17. The van der Waals surface area contributed by atoms with Crippen LogP contribution in [0.4, 0.5) is 10.1 Å². The molecule has 1 aliphatic heterocycles. The van der Waals surface area contributed by atoms with Gasteiger partial charge in [-0.15, -0.1) is 0 Å². The summed E-state index contributed by atoms with van der Waals surface area (Å²) in [6.07, 6.45) is 0. The Morgan fingerprint density at radius 2 is 2.06 bits per heavy atom. The molecule has 0 aliphatic carbocycles. The predicted molar refractivity (Wildman–Crippen MR) is 68.4 cm³/mol. The molecule has 0 bridgehead atoms. The number of hydrogen-bond donors (Lipinski definition) is 2. The third-order valence-corrected chi connectivity index (χ3v) is 5.13. The summed E-state index contributed by atoms with van der Waals surface area (Å²) in [4.78, 5) is 4.05. The van der Waals surface area contributed by atoms with Gasteiger partial charge in [0.05, 0.1) is 11.8 Å². The summed E-state index contributed by atoms with van der Waals surface area (Å²) in [6.45, 7) is 1.47. The van der Waals surface area contributed by atoms with Gasteiger partial charge < -0.3 is 11.5 Å². The quantitative estimate of drug-likeness (QED) is 0.731. The SMILES string of the molecule is CC1C(N)=NC(c2cc(N)ccc2F)CS1(=O)=O. The summed E-state index contributed by atoms with van der Waals surface area (Å²) in [5.41, 5.74) is 11.7. The Bertz CT molecular complexity index is 613. The molecule has 18 heavy (non-hydrogen) atoms. The number of anilines is 1. The van der Waals surface area contributed by atoms with Gasteiger partial charge in [-0.25, -0.2) is 12.8 Å². The van der Waals surface area contributed by atoms with Crippen molar-refractivity contribution in [3.8, 4) is 0 Å². The first-order valence-corrected chi connectivity index (χ1v) is 7.12. The lowest BCUT2D eigenvalue weighted by molar-refractivity contribution is 0.567. The number of aliphatic imine (C=N–C) groups is 1. The van der Waals surface area contributed by atoms with Crippen LogP contribution in [-0.2, 0) is 9.84 Å². The lowest BCUT2D eigenvalue weighted by atomic mass is 10.1. The van der Waals surface area contributed by atoms with Gasteiger partial charge in [-0.2, -0.15) is 0 Å². The molecule has 0 radical (unpaired) electrons. The van der Waals surface area contributed by atoms with Crippen LogP contribution in [-0.4, -0.2) is 25.3 Å². The number of rotatable bonds is 1. The molecule has 1 aromatic carbocycles. The predicted octanol–water partition coefficient (Wildman–Crippen LogP) is 0.623. The number of nitrogens with two attached hydrogens (primary N) is 2. The molecule has 1 aliphatic rings. The summed E-state index contributed by atoms with van der Waals surface area (Å²) in [5.74, 6) is -0.779. The first kappa shape index (κ1) is 12.8. The van der Waals surface area contributed by atoms with Crippen LogP contribution in [0.3, 0.4) is 0 Å². The van der Waals surface area contributed by atoms with Crippen LogP contribution in [0.15, 0.2) is 23.2 Å². The van der Waals surface area contributed by atoms with Crippen molar-refractivity contribution in [1.82, 2.24) is 0 Å². The second kappa shape index (κ2) is 4.24. The van der Waals surface area contributed by atoms with Gasteiger partial charge in [0, 0.05) is 11.3 Å². The molecule has 0 aromatic heterocycles. The fourth-order valence-corrected chi connectivity index (χ4v) is 3.26. The highest BCUT2D eigenvalue weighted by Crippen LogP contribution is 2.29. The zero-order valence-electron chi connectivity index (χ0n) is 9.80. The van der Waals surface area contributed by atoms with Crippen molar-refractivity contribution in [2.75, 3.05) is 11.5 Å². The average molecular weight is 271 g/mol. The second-order valence-electron chi connectivity index (χ2n) is 4.32. The summed E-state index contributed by atoms with van der Waals surface area (Å²) in [5, 5.41) is -0.821. The van der Waals surface area contributed by atoms with Crippen molar-refractivity contribution in [3.63, 3.8) is 0 Å². The molecule has 98 valence electrons. The molecule has 2 unspecified atom stereocenters. The number of sulfone groups is 1. The molecule has 4 N–H and O–H groups in total. The second-order valence-corrected chi connectivity index (χ2v) is 6.69. The molecule has 2 rings (SSSR count). The van der Waals surface area contributed by atoms with Crippen molar-refractivity contribution in [3.05, 3.63) is 29.6 Å². The number of nitrogen functional groups attached to an aromatic ring is 1. The molecular weight excluding hydrogens is 257 g/mol. The first-order chi connectivity index (χ1) is 8.31. The van der Waals surface area contributed by atoms with Gasteiger partial charge in [0.15, 0.2) is 9.84 Å². The van der Waals surface area contributed by atoms with Gasteiger partial charge in [0.1, 0.15) is 16.9 Å². The molecule has 0 spiro atoms. The van der Waals surface area contributed by atoms with Crippen LogP contribution in [0.2, 0.25) is 0 Å². The lowest BCUT2D eigenvalue weighted by Gasteiger charge is -2.24. The van der Waals surface area contributed by atoms with Crippen LogP contribution < -0.4 is 11.5 Å². The van der Waals surface area contributed by atoms with Crippen molar-refractivity contribution in [2.24, 2.45) is 10.7 Å². The van der Waals surface area contributed by atoms with Crippen molar-refractivity contribution in [1.29, 1.82) is 0 Å². The Balaban J connectivity index is 2.50. The van der Waals surface area contributed by atoms with E-state index in [0.717, 1.165) is 0 Å². The summed E-state index contributed by atoms with van der Waals surface area (Å²) >= 11 is 0. The highest BCUT2D eigenvalue weighted by atomic mass is 32.2. The third kappa shape index (κ3) is 2.17. The lowest BCUT2D eigenvalue weighted by Crippen LogP contribution is -2.40. The van der Waals surface area contributed by atoms with E-state index < -0.39 is 26.9 Å². The van der Waals surface area contributed by atoms with Gasteiger partial charge in [-0.3, -0.25) is 4.99 Å². The maximum absolute atomic E-state index is 13.7. The highest BCUT2D eigenvalue weighted by molar-refractivity contribution is 7.92. The van der Waals surface area contributed by atoms with E-state index in [4.69, 9.17) is 11.5 Å². The van der Waals surface area contributed by atoms with Crippen molar-refractivity contribution < 1.29 is 12.8 Å². The van der Waals surface area contributed by atoms with Crippen LogP contribution >= 0.6 is 0 Å². The molecular formula is C11H14FN3O2S. The minimum absolute atomic E-state index is 0.00748. The molecule has 2 atom stereocenters. The maximum atomic E-state index is 13.7. The van der Waals surface area contributed by atoms with Crippen LogP contribution in [0.1, 0.15) is 18.5 Å². The Morgan fingerprint density at radius 3 is 2.67 bits per heavy atom. The average Bonchev–Trinajstić information content (AvgIpc) is 2.28. The topological polar surface area (TPSA) is 98.5 Å². The third-order valence-electron chi connectivity index (χ3n) is 3.03. The zero-order chi connectivity index (χ0) is 13.5.